The van der Waals surface area contributed by atoms with E-state index in [1.165, 1.54) is 0 Å². The van der Waals surface area contributed by atoms with Gasteiger partial charge in [-0.3, -0.25) is 14.4 Å². The van der Waals surface area contributed by atoms with Gasteiger partial charge in [-0.05, 0) is 80.5 Å². The highest BCUT2D eigenvalue weighted by atomic mass is 16.5. The number of carbonyl (C=O) groups excluding carboxylic acids is 2. The SMILES string of the molecule is Cc1cc(C)cc(NC(=O)Cc2ccc(OC3(C(=O)C[C@@H](O)[C@H](N)C(=O)O)CCCC3)cc2)c1. The number of carboxylic acid groups (broad SMARTS) is 1. The summed E-state index contributed by atoms with van der Waals surface area (Å²) in [5.74, 6) is -1.37. The number of nitrogens with two attached hydrogens (primary N) is 1. The monoisotopic (exact) mass is 468 g/mol. The van der Waals surface area contributed by atoms with Gasteiger partial charge in [-0.25, -0.2) is 0 Å². The lowest BCUT2D eigenvalue weighted by molar-refractivity contribution is -0.143. The molecular weight excluding hydrogens is 436 g/mol. The van der Waals surface area contributed by atoms with Crippen molar-refractivity contribution in [1.29, 1.82) is 0 Å². The number of carboxylic acids is 1. The average Bonchev–Trinajstić information content (AvgIpc) is 3.23. The number of ether oxygens (including phenoxy) is 1. The minimum Gasteiger partial charge on any atom is -0.480 e. The zero-order valence-electron chi connectivity index (χ0n) is 19.5. The largest absolute Gasteiger partial charge is 0.480 e. The van der Waals surface area contributed by atoms with E-state index in [1.54, 1.807) is 24.3 Å². The van der Waals surface area contributed by atoms with Crippen LogP contribution in [0.3, 0.4) is 0 Å². The van der Waals surface area contributed by atoms with Crippen LogP contribution in [0.4, 0.5) is 5.69 Å². The summed E-state index contributed by atoms with van der Waals surface area (Å²) in [6.07, 6.45) is 0.888. The molecule has 8 heteroatoms. The summed E-state index contributed by atoms with van der Waals surface area (Å²) < 4.78 is 6.10. The Bertz CT molecular complexity index is 1020. The molecule has 5 N–H and O–H groups in total. The van der Waals surface area contributed by atoms with Crippen molar-refractivity contribution in [3.05, 3.63) is 59.2 Å². The number of aliphatic hydroxyl groups excluding tert-OH is 1. The summed E-state index contributed by atoms with van der Waals surface area (Å²) in [6, 6.07) is 11.3. The second kappa shape index (κ2) is 10.8. The average molecular weight is 469 g/mol. The molecule has 2 aromatic rings. The van der Waals surface area contributed by atoms with Crippen molar-refractivity contribution in [2.75, 3.05) is 5.32 Å². The van der Waals surface area contributed by atoms with Crippen molar-refractivity contribution >= 4 is 23.3 Å². The summed E-state index contributed by atoms with van der Waals surface area (Å²) in [4.78, 5) is 36.4. The molecule has 1 saturated carbocycles. The molecule has 0 unspecified atom stereocenters. The molecule has 182 valence electrons. The van der Waals surface area contributed by atoms with E-state index in [2.05, 4.69) is 5.32 Å². The Morgan fingerprint density at radius 2 is 1.65 bits per heavy atom. The minimum absolute atomic E-state index is 0.134. The van der Waals surface area contributed by atoms with Crippen molar-refractivity contribution in [1.82, 2.24) is 0 Å². The first kappa shape index (κ1) is 25.4. The molecular formula is C26H32N2O6. The van der Waals surface area contributed by atoms with E-state index in [0.29, 0.717) is 18.6 Å². The van der Waals surface area contributed by atoms with Gasteiger partial charge in [0.15, 0.2) is 11.4 Å². The molecule has 3 rings (SSSR count). The molecule has 8 nitrogen and oxygen atoms in total. The summed E-state index contributed by atoms with van der Waals surface area (Å²) in [7, 11) is 0. The Morgan fingerprint density at radius 1 is 1.06 bits per heavy atom. The Balaban J connectivity index is 1.63. The molecule has 0 bridgehead atoms. The molecule has 0 spiro atoms. The minimum atomic E-state index is -1.53. The molecule has 0 aliphatic heterocycles. The predicted octanol–water partition coefficient (Wildman–Crippen LogP) is 2.91. The zero-order valence-corrected chi connectivity index (χ0v) is 19.5. The molecule has 1 amide bonds. The highest BCUT2D eigenvalue weighted by molar-refractivity contribution is 5.92. The van der Waals surface area contributed by atoms with E-state index in [1.807, 2.05) is 32.0 Å². The normalized spacial score (nSPS) is 16.5. The Morgan fingerprint density at radius 3 is 2.21 bits per heavy atom. The highest BCUT2D eigenvalue weighted by Crippen LogP contribution is 2.36. The molecule has 1 aliphatic carbocycles. The second-order valence-electron chi connectivity index (χ2n) is 9.11. The smallest absolute Gasteiger partial charge is 0.323 e. The molecule has 0 heterocycles. The maximum Gasteiger partial charge on any atom is 0.323 e. The number of hydrogen-bond acceptors (Lipinski definition) is 6. The maximum absolute atomic E-state index is 13.0. The standard InChI is InChI=1S/C26H32N2O6/c1-16-11-17(2)13-19(12-16)28-23(31)14-18-5-7-20(8-6-18)34-26(9-3-4-10-26)22(30)15-21(29)24(27)25(32)33/h5-8,11-13,21,24,29H,3-4,9-10,14-15,27H2,1-2H3,(H,28,31)(H,32,33)/t21-,24+/m1/s1. The van der Waals surface area contributed by atoms with Crippen LogP contribution in [-0.2, 0) is 20.8 Å². The van der Waals surface area contributed by atoms with Gasteiger partial charge in [-0.1, -0.05) is 18.2 Å². The quantitative estimate of drug-likeness (QED) is 0.420. The molecule has 2 atom stereocenters. The van der Waals surface area contributed by atoms with Gasteiger partial charge in [-0.15, -0.1) is 0 Å². The van der Waals surface area contributed by atoms with E-state index in [0.717, 1.165) is 35.2 Å². The van der Waals surface area contributed by atoms with Crippen molar-refractivity contribution in [3.8, 4) is 5.75 Å². The Hall–Kier alpha value is -3.23. The number of nitrogens with one attached hydrogen (secondary N) is 1. The first-order valence-electron chi connectivity index (χ1n) is 11.4. The number of rotatable bonds is 10. The fourth-order valence-electron chi connectivity index (χ4n) is 4.39. The number of aryl methyl sites for hydroxylation is 2. The van der Waals surface area contributed by atoms with Gasteiger partial charge in [0, 0.05) is 12.1 Å². The first-order valence-corrected chi connectivity index (χ1v) is 11.4. The summed E-state index contributed by atoms with van der Waals surface area (Å²) in [5, 5.41) is 21.9. The van der Waals surface area contributed by atoms with Crippen LogP contribution in [-0.4, -0.2) is 45.6 Å². The van der Waals surface area contributed by atoms with Gasteiger partial charge in [0.25, 0.3) is 0 Å². The van der Waals surface area contributed by atoms with Crippen LogP contribution in [0.15, 0.2) is 42.5 Å². The number of hydrogen-bond donors (Lipinski definition) is 4. The summed E-state index contributed by atoms with van der Waals surface area (Å²) in [5.41, 5.74) is 8.04. The lowest BCUT2D eigenvalue weighted by Crippen LogP contribution is -2.48. The molecule has 0 radical (unpaired) electrons. The van der Waals surface area contributed by atoms with Crippen molar-refractivity contribution in [2.45, 2.75) is 70.1 Å². The molecule has 0 saturated heterocycles. The third-order valence-electron chi connectivity index (χ3n) is 6.12. The molecule has 0 aromatic heterocycles. The van der Waals surface area contributed by atoms with Gasteiger partial charge >= 0.3 is 5.97 Å². The van der Waals surface area contributed by atoms with Crippen molar-refractivity contribution in [2.24, 2.45) is 5.73 Å². The van der Waals surface area contributed by atoms with Crippen LogP contribution >= 0.6 is 0 Å². The maximum atomic E-state index is 13.0. The van der Waals surface area contributed by atoms with E-state index in [-0.39, 0.29) is 24.5 Å². The van der Waals surface area contributed by atoms with Crippen LogP contribution in [0.5, 0.6) is 5.75 Å². The van der Waals surface area contributed by atoms with Crippen LogP contribution in [0.1, 0.15) is 48.8 Å². The Kier molecular flexibility index (Phi) is 8.06. The number of carbonyl (C=O) groups is 3. The first-order chi connectivity index (χ1) is 16.1. The number of amides is 1. The van der Waals surface area contributed by atoms with Gasteiger partial charge < -0.3 is 26.0 Å². The third kappa shape index (κ3) is 6.42. The highest BCUT2D eigenvalue weighted by Gasteiger charge is 2.44. The van der Waals surface area contributed by atoms with Crippen molar-refractivity contribution in [3.63, 3.8) is 0 Å². The van der Waals surface area contributed by atoms with Crippen LogP contribution in [0.25, 0.3) is 0 Å². The van der Waals surface area contributed by atoms with Crippen LogP contribution in [0, 0.1) is 13.8 Å². The zero-order chi connectivity index (χ0) is 24.9. The number of Topliss-reactive ketones (excluding diaryl/α,β-unsaturated/α-hetero) is 1. The number of aliphatic carboxylic acids is 1. The number of benzene rings is 2. The summed E-state index contributed by atoms with van der Waals surface area (Å²) in [6.45, 7) is 3.95. The summed E-state index contributed by atoms with van der Waals surface area (Å²) >= 11 is 0. The van der Waals surface area contributed by atoms with Crippen molar-refractivity contribution < 1.29 is 29.3 Å². The van der Waals surface area contributed by atoms with Crippen LogP contribution < -0.4 is 15.8 Å². The lowest BCUT2D eigenvalue weighted by atomic mass is 9.90. The molecule has 1 aliphatic rings. The fraction of sp³-hybridized carbons (Fsp3) is 0.423. The topological polar surface area (TPSA) is 139 Å². The fourth-order valence-corrected chi connectivity index (χ4v) is 4.39. The van der Waals surface area contributed by atoms with E-state index in [4.69, 9.17) is 15.6 Å². The van der Waals surface area contributed by atoms with Gasteiger partial charge in [0.05, 0.1) is 12.5 Å². The van der Waals surface area contributed by atoms with Crippen LogP contribution in [0.2, 0.25) is 0 Å². The number of anilines is 1. The Labute approximate surface area is 199 Å². The second-order valence-corrected chi connectivity index (χ2v) is 9.11. The lowest BCUT2D eigenvalue weighted by Gasteiger charge is -2.30. The van der Waals surface area contributed by atoms with Gasteiger partial charge in [-0.2, -0.15) is 0 Å². The third-order valence-corrected chi connectivity index (χ3v) is 6.12. The number of aliphatic hydroxyl groups is 1. The van der Waals surface area contributed by atoms with Gasteiger partial charge in [0.1, 0.15) is 11.8 Å². The predicted molar refractivity (Wildman–Crippen MR) is 128 cm³/mol. The van der Waals surface area contributed by atoms with E-state index >= 15 is 0 Å². The van der Waals surface area contributed by atoms with E-state index < -0.39 is 23.7 Å². The van der Waals surface area contributed by atoms with Gasteiger partial charge in [0.2, 0.25) is 5.91 Å². The molecule has 2 aromatic carbocycles. The number of ketones is 1. The van der Waals surface area contributed by atoms with E-state index in [9.17, 15) is 19.5 Å². The molecule has 34 heavy (non-hydrogen) atoms. The molecule has 1 fully saturated rings.